The second-order valence-corrected chi connectivity index (χ2v) is 10.4. The number of aromatic amines is 1. The molecule has 0 aliphatic heterocycles. The van der Waals surface area contributed by atoms with Gasteiger partial charge < -0.3 is 0 Å². The molecular weight excluding hydrogens is 424 g/mol. The molecule has 3 rings (SSSR count). The van der Waals surface area contributed by atoms with Crippen molar-refractivity contribution >= 4 is 31.4 Å². The first-order valence-electron chi connectivity index (χ1n) is 7.92. The smallest absolute Gasteiger partial charge is 0.264 e. The molecule has 0 spiro atoms. The molecule has 0 aliphatic rings. The Morgan fingerprint density at radius 3 is 2.32 bits per heavy atom. The first kappa shape index (κ1) is 20.4. The second-order valence-electron chi connectivity index (χ2n) is 5.76. The van der Waals surface area contributed by atoms with Crippen LogP contribution >= 0.6 is 11.3 Å². The molecule has 2 heterocycles. The Morgan fingerprint density at radius 1 is 1.00 bits per heavy atom. The zero-order valence-electron chi connectivity index (χ0n) is 14.3. The van der Waals surface area contributed by atoms with Gasteiger partial charge >= 0.3 is 0 Å². The van der Waals surface area contributed by atoms with E-state index in [1.807, 2.05) is 0 Å². The van der Waals surface area contributed by atoms with E-state index in [9.17, 15) is 21.6 Å². The summed E-state index contributed by atoms with van der Waals surface area (Å²) in [5, 5.41) is 11.2. The standard InChI is InChI=1S/C16H16N4O5S3/c17-27(22,23)12-3-1-11(2-4-12)9-10-18-28(24,25)16-8-6-14(26-16)13-5-7-15(21)20-19-13/h1-8,18H,9-10H2,(H,20,21)(H2,17,22,23). The summed E-state index contributed by atoms with van der Waals surface area (Å²) in [7, 11) is -7.46. The van der Waals surface area contributed by atoms with Gasteiger partial charge in [-0.25, -0.2) is 31.8 Å². The van der Waals surface area contributed by atoms with Crippen LogP contribution in [0.4, 0.5) is 0 Å². The summed E-state index contributed by atoms with van der Waals surface area (Å²) in [6.45, 7) is 0.140. The molecule has 28 heavy (non-hydrogen) atoms. The maximum Gasteiger partial charge on any atom is 0.264 e. The van der Waals surface area contributed by atoms with E-state index in [0.717, 1.165) is 16.9 Å². The minimum atomic E-state index is -3.76. The number of rotatable bonds is 7. The topological polar surface area (TPSA) is 152 Å². The van der Waals surface area contributed by atoms with Crippen molar-refractivity contribution in [2.75, 3.05) is 6.54 Å². The third-order valence-electron chi connectivity index (χ3n) is 3.74. The Labute approximate surface area is 165 Å². The van der Waals surface area contributed by atoms with Crippen molar-refractivity contribution in [3.63, 3.8) is 0 Å². The number of H-pyrrole nitrogens is 1. The highest BCUT2D eigenvalue weighted by molar-refractivity contribution is 7.91. The van der Waals surface area contributed by atoms with Crippen LogP contribution in [0, 0.1) is 0 Å². The summed E-state index contributed by atoms with van der Waals surface area (Å²) in [6, 6.07) is 11.8. The molecule has 0 saturated carbocycles. The van der Waals surface area contributed by atoms with Crippen molar-refractivity contribution in [1.29, 1.82) is 0 Å². The fourth-order valence-corrected chi connectivity index (χ4v) is 5.20. The van der Waals surface area contributed by atoms with Crippen LogP contribution in [0.2, 0.25) is 0 Å². The van der Waals surface area contributed by atoms with E-state index in [-0.39, 0.29) is 21.2 Å². The summed E-state index contributed by atoms with van der Waals surface area (Å²) in [5.74, 6) is 0. The molecule has 3 aromatic rings. The van der Waals surface area contributed by atoms with Gasteiger partial charge in [-0.1, -0.05) is 12.1 Å². The lowest BCUT2D eigenvalue weighted by molar-refractivity contribution is 0.583. The van der Waals surface area contributed by atoms with Gasteiger partial charge in [-0.3, -0.25) is 4.79 Å². The van der Waals surface area contributed by atoms with Gasteiger partial charge in [-0.05, 0) is 42.3 Å². The summed E-state index contributed by atoms with van der Waals surface area (Å²) >= 11 is 1.03. The van der Waals surface area contributed by atoms with Crippen molar-refractivity contribution < 1.29 is 16.8 Å². The van der Waals surface area contributed by atoms with E-state index in [2.05, 4.69) is 14.9 Å². The van der Waals surface area contributed by atoms with E-state index in [1.54, 1.807) is 18.2 Å². The van der Waals surface area contributed by atoms with E-state index in [0.29, 0.717) is 17.0 Å². The maximum atomic E-state index is 12.4. The normalized spacial score (nSPS) is 12.2. The van der Waals surface area contributed by atoms with Crippen LogP contribution in [0.25, 0.3) is 10.6 Å². The van der Waals surface area contributed by atoms with Gasteiger partial charge in [-0.2, -0.15) is 5.10 Å². The van der Waals surface area contributed by atoms with Crippen LogP contribution < -0.4 is 15.4 Å². The molecular formula is C16H16N4O5S3. The lowest BCUT2D eigenvalue weighted by Crippen LogP contribution is -2.25. The van der Waals surface area contributed by atoms with E-state index in [4.69, 9.17) is 5.14 Å². The van der Waals surface area contributed by atoms with Crippen LogP contribution in [0.3, 0.4) is 0 Å². The molecule has 0 radical (unpaired) electrons. The van der Waals surface area contributed by atoms with Crippen molar-refractivity contribution in [2.45, 2.75) is 15.5 Å². The number of nitrogens with one attached hydrogen (secondary N) is 2. The highest BCUT2D eigenvalue weighted by Crippen LogP contribution is 2.28. The number of benzene rings is 1. The Bertz CT molecular complexity index is 1230. The fraction of sp³-hybridized carbons (Fsp3) is 0.125. The van der Waals surface area contributed by atoms with Crippen molar-refractivity contribution in [1.82, 2.24) is 14.9 Å². The van der Waals surface area contributed by atoms with Gasteiger partial charge in [0.2, 0.25) is 20.0 Å². The zero-order valence-corrected chi connectivity index (χ0v) is 16.8. The summed E-state index contributed by atoms with van der Waals surface area (Å²) in [4.78, 5) is 11.7. The van der Waals surface area contributed by atoms with E-state index >= 15 is 0 Å². The van der Waals surface area contributed by atoms with Crippen LogP contribution in [0.15, 0.2) is 62.4 Å². The Morgan fingerprint density at radius 2 is 1.71 bits per heavy atom. The van der Waals surface area contributed by atoms with Crippen LogP contribution in [-0.2, 0) is 26.5 Å². The van der Waals surface area contributed by atoms with Crippen LogP contribution in [0.5, 0.6) is 0 Å². The van der Waals surface area contributed by atoms with E-state index in [1.165, 1.54) is 30.3 Å². The van der Waals surface area contributed by atoms with Gasteiger partial charge in [0, 0.05) is 12.6 Å². The number of nitrogens with two attached hydrogens (primary N) is 1. The lowest BCUT2D eigenvalue weighted by Gasteiger charge is -2.06. The molecule has 0 aliphatic carbocycles. The van der Waals surface area contributed by atoms with E-state index < -0.39 is 20.0 Å². The summed E-state index contributed by atoms with van der Waals surface area (Å²) in [6.07, 6.45) is 0.379. The average molecular weight is 441 g/mol. The number of thiophene rings is 1. The number of nitrogens with zero attached hydrogens (tertiary/aromatic N) is 1. The number of primary sulfonamides is 1. The summed E-state index contributed by atoms with van der Waals surface area (Å²) < 4.78 is 50.0. The predicted molar refractivity (Wildman–Crippen MR) is 105 cm³/mol. The minimum absolute atomic E-state index is 0.00110. The van der Waals surface area contributed by atoms with Crippen molar-refractivity contribution in [3.05, 3.63) is 64.4 Å². The molecule has 9 nitrogen and oxygen atoms in total. The third-order valence-corrected chi connectivity index (χ3v) is 7.73. The molecule has 0 amide bonds. The highest BCUT2D eigenvalue weighted by Gasteiger charge is 2.17. The molecule has 0 saturated heterocycles. The second kappa shape index (κ2) is 7.93. The largest absolute Gasteiger partial charge is 0.268 e. The Balaban J connectivity index is 1.64. The maximum absolute atomic E-state index is 12.4. The molecule has 1 aromatic carbocycles. The third kappa shape index (κ3) is 4.91. The van der Waals surface area contributed by atoms with Crippen molar-refractivity contribution in [2.24, 2.45) is 5.14 Å². The first-order valence-corrected chi connectivity index (χ1v) is 11.8. The molecule has 0 atom stereocenters. The predicted octanol–water partition coefficient (Wildman–Crippen LogP) is 0.667. The zero-order chi connectivity index (χ0) is 20.4. The van der Waals surface area contributed by atoms with Crippen LogP contribution in [0.1, 0.15) is 5.56 Å². The monoisotopic (exact) mass is 440 g/mol. The molecule has 4 N–H and O–H groups in total. The number of sulfonamides is 2. The average Bonchev–Trinajstić information content (AvgIpc) is 3.13. The van der Waals surface area contributed by atoms with Crippen LogP contribution in [-0.4, -0.2) is 33.6 Å². The highest BCUT2D eigenvalue weighted by atomic mass is 32.2. The Hall–Kier alpha value is -2.38. The molecule has 0 fully saturated rings. The molecule has 2 aromatic heterocycles. The van der Waals surface area contributed by atoms with Gasteiger partial charge in [0.25, 0.3) is 5.56 Å². The number of aromatic nitrogens is 2. The fourth-order valence-electron chi connectivity index (χ4n) is 2.33. The lowest BCUT2D eigenvalue weighted by atomic mass is 10.2. The van der Waals surface area contributed by atoms with Gasteiger partial charge in [0.15, 0.2) is 0 Å². The SMILES string of the molecule is NS(=O)(=O)c1ccc(CCNS(=O)(=O)c2ccc(-c3ccc(=O)[nH]n3)s2)cc1. The number of hydrogen-bond donors (Lipinski definition) is 3. The molecule has 148 valence electrons. The molecule has 12 heteroatoms. The quantitative estimate of drug-likeness (QED) is 0.491. The molecule has 0 bridgehead atoms. The number of hydrogen-bond acceptors (Lipinski definition) is 7. The van der Waals surface area contributed by atoms with Gasteiger partial charge in [0.1, 0.15) is 9.90 Å². The van der Waals surface area contributed by atoms with Gasteiger partial charge in [0.05, 0.1) is 9.77 Å². The minimum Gasteiger partial charge on any atom is -0.268 e. The van der Waals surface area contributed by atoms with Gasteiger partial charge in [-0.15, -0.1) is 11.3 Å². The summed E-state index contributed by atoms with van der Waals surface area (Å²) in [5.41, 5.74) is 0.896. The van der Waals surface area contributed by atoms with Crippen molar-refractivity contribution in [3.8, 4) is 10.6 Å². The first-order chi connectivity index (χ1) is 13.1. The molecule has 0 unspecified atom stereocenters. The Kier molecular flexibility index (Phi) is 5.76.